The second-order valence-corrected chi connectivity index (χ2v) is 13.8. The monoisotopic (exact) mass is 612 g/mol. The van der Waals surface area contributed by atoms with Crippen LogP contribution < -0.4 is 14.8 Å². The first-order valence-corrected chi connectivity index (χ1v) is 15.8. The summed E-state index contributed by atoms with van der Waals surface area (Å²) in [6, 6.07) is 22.5. The number of benzene rings is 3. The quantitative estimate of drug-likeness (QED) is 0.250. The van der Waals surface area contributed by atoms with E-state index in [9.17, 15) is 18.3 Å². The number of aliphatic hydroxyl groups excluding tert-OH is 1. The van der Waals surface area contributed by atoms with Gasteiger partial charge in [0.05, 0.1) is 24.2 Å². The number of hydrogen-bond donors (Lipinski definition) is 2. The van der Waals surface area contributed by atoms with E-state index in [1.165, 1.54) is 23.5 Å². The Morgan fingerprint density at radius 2 is 1.49 bits per heavy atom. The number of aliphatic hydroxyl groups is 1. The van der Waals surface area contributed by atoms with Crippen LogP contribution in [-0.4, -0.2) is 61.9 Å². The first kappa shape index (κ1) is 33.9. The van der Waals surface area contributed by atoms with E-state index in [4.69, 9.17) is 14.2 Å². The molecule has 0 saturated heterocycles. The highest BCUT2D eigenvalue weighted by atomic mass is 32.2. The molecule has 0 radical (unpaired) electrons. The molecular formula is C33H44N2O7S. The van der Waals surface area contributed by atoms with Crippen molar-refractivity contribution in [2.24, 2.45) is 5.92 Å². The summed E-state index contributed by atoms with van der Waals surface area (Å²) in [7, 11) is -2.45. The second kappa shape index (κ2) is 15.2. The van der Waals surface area contributed by atoms with Crippen LogP contribution in [0.2, 0.25) is 0 Å². The summed E-state index contributed by atoms with van der Waals surface area (Å²) in [6.07, 6.45) is -1.71. The minimum Gasteiger partial charge on any atom is -0.497 e. The topological polar surface area (TPSA) is 114 Å². The van der Waals surface area contributed by atoms with Gasteiger partial charge in [0.2, 0.25) is 10.0 Å². The van der Waals surface area contributed by atoms with Crippen LogP contribution in [0.3, 0.4) is 0 Å². The number of methoxy groups -OCH3 is 1. The van der Waals surface area contributed by atoms with Crippen molar-refractivity contribution in [2.45, 2.75) is 70.3 Å². The molecule has 2 atom stereocenters. The molecule has 0 bridgehead atoms. The summed E-state index contributed by atoms with van der Waals surface area (Å²) < 4.78 is 45.0. The largest absolute Gasteiger partial charge is 0.497 e. The number of nitrogens with one attached hydrogen (secondary N) is 1. The molecule has 0 aliphatic rings. The van der Waals surface area contributed by atoms with Gasteiger partial charge in [-0.05, 0) is 80.6 Å². The lowest BCUT2D eigenvalue weighted by atomic mass is 10.0. The molecule has 0 fully saturated rings. The molecule has 3 aromatic carbocycles. The number of rotatable bonds is 14. The Morgan fingerprint density at radius 1 is 0.884 bits per heavy atom. The highest BCUT2D eigenvalue weighted by Gasteiger charge is 2.32. The lowest BCUT2D eigenvalue weighted by Crippen LogP contribution is -2.51. The van der Waals surface area contributed by atoms with E-state index in [1.807, 2.05) is 68.4 Å². The summed E-state index contributed by atoms with van der Waals surface area (Å²) in [5, 5.41) is 14.2. The Kier molecular flexibility index (Phi) is 12.0. The van der Waals surface area contributed by atoms with Gasteiger partial charge in [-0.3, -0.25) is 0 Å². The minimum atomic E-state index is -3.96. The summed E-state index contributed by atoms with van der Waals surface area (Å²) in [5.74, 6) is 1.20. The first-order valence-electron chi connectivity index (χ1n) is 14.3. The van der Waals surface area contributed by atoms with Crippen LogP contribution in [0.25, 0.3) is 0 Å². The molecule has 1 amide bonds. The number of hydrogen-bond acceptors (Lipinski definition) is 7. The molecule has 9 nitrogen and oxygen atoms in total. The van der Waals surface area contributed by atoms with Crippen LogP contribution in [0.1, 0.15) is 45.7 Å². The van der Waals surface area contributed by atoms with Crippen molar-refractivity contribution in [3.63, 3.8) is 0 Å². The van der Waals surface area contributed by atoms with E-state index < -0.39 is 33.9 Å². The minimum absolute atomic E-state index is 0.0130. The van der Waals surface area contributed by atoms with Crippen LogP contribution >= 0.6 is 0 Å². The molecule has 2 N–H and O–H groups in total. The van der Waals surface area contributed by atoms with E-state index in [0.717, 1.165) is 11.1 Å². The van der Waals surface area contributed by atoms with Crippen LogP contribution in [0.5, 0.6) is 11.5 Å². The van der Waals surface area contributed by atoms with Gasteiger partial charge in [-0.25, -0.2) is 13.2 Å². The standard InChI is InChI=1S/C33H44N2O7S/c1-24(2)21-35(43(38,39)29-18-16-27(40-6)17-19-29)22-31(36)30(34-32(37)42-33(3,4)5)20-25-12-14-28(15-13-25)41-23-26-10-8-7-9-11-26/h7-19,24,30-31,36H,20-23H2,1-6H3,(H,34,37)/t30-,31-/m0/s1. The van der Waals surface area contributed by atoms with Crippen molar-refractivity contribution < 1.29 is 32.5 Å². The van der Waals surface area contributed by atoms with Crippen molar-refractivity contribution >= 4 is 16.1 Å². The smallest absolute Gasteiger partial charge is 0.407 e. The summed E-state index contributed by atoms with van der Waals surface area (Å²) in [6.45, 7) is 9.43. The predicted octanol–water partition coefficient (Wildman–Crippen LogP) is 5.42. The number of ether oxygens (including phenoxy) is 3. The highest BCUT2D eigenvalue weighted by molar-refractivity contribution is 7.89. The third-order valence-electron chi connectivity index (χ3n) is 6.45. The Morgan fingerprint density at radius 3 is 2.05 bits per heavy atom. The fraction of sp³-hybridized carbons (Fsp3) is 0.424. The molecule has 0 aliphatic heterocycles. The van der Waals surface area contributed by atoms with E-state index in [-0.39, 0.29) is 30.3 Å². The van der Waals surface area contributed by atoms with Crippen LogP contribution in [0.15, 0.2) is 83.8 Å². The van der Waals surface area contributed by atoms with Crippen molar-refractivity contribution in [1.29, 1.82) is 0 Å². The molecule has 0 spiro atoms. The van der Waals surface area contributed by atoms with E-state index in [2.05, 4.69) is 5.32 Å². The average molecular weight is 613 g/mol. The maximum atomic E-state index is 13.6. The van der Waals surface area contributed by atoms with E-state index in [1.54, 1.807) is 32.9 Å². The zero-order valence-electron chi connectivity index (χ0n) is 25.8. The molecule has 3 rings (SSSR count). The first-order chi connectivity index (χ1) is 20.3. The summed E-state index contributed by atoms with van der Waals surface area (Å²) in [4.78, 5) is 12.9. The van der Waals surface area contributed by atoms with Crippen molar-refractivity contribution in [3.8, 4) is 11.5 Å². The molecule has 234 valence electrons. The number of carbonyl (C=O) groups excluding carboxylic acids is 1. The fourth-order valence-corrected chi connectivity index (χ4v) is 5.99. The molecule has 0 aliphatic carbocycles. The predicted molar refractivity (Wildman–Crippen MR) is 167 cm³/mol. The van der Waals surface area contributed by atoms with Crippen LogP contribution in [0, 0.1) is 5.92 Å². The maximum Gasteiger partial charge on any atom is 0.407 e. The van der Waals surface area contributed by atoms with Gasteiger partial charge in [0, 0.05) is 13.1 Å². The second-order valence-electron chi connectivity index (χ2n) is 11.8. The zero-order chi connectivity index (χ0) is 31.6. The molecule has 10 heteroatoms. The van der Waals surface area contributed by atoms with Crippen molar-refractivity contribution in [1.82, 2.24) is 9.62 Å². The van der Waals surface area contributed by atoms with E-state index >= 15 is 0 Å². The Balaban J connectivity index is 1.80. The zero-order valence-corrected chi connectivity index (χ0v) is 26.6. The van der Waals surface area contributed by atoms with Gasteiger partial charge in [-0.1, -0.05) is 56.3 Å². The molecule has 0 unspecified atom stereocenters. The van der Waals surface area contributed by atoms with Crippen LogP contribution in [-0.2, 0) is 27.8 Å². The number of alkyl carbamates (subject to hydrolysis) is 1. The summed E-state index contributed by atoms with van der Waals surface area (Å²) in [5.41, 5.74) is 1.12. The third-order valence-corrected chi connectivity index (χ3v) is 8.30. The Labute approximate surface area is 255 Å². The normalized spacial score (nSPS) is 13.4. The van der Waals surface area contributed by atoms with Gasteiger partial charge in [0.15, 0.2) is 0 Å². The average Bonchev–Trinajstić information content (AvgIpc) is 2.95. The van der Waals surface area contributed by atoms with Gasteiger partial charge in [-0.15, -0.1) is 0 Å². The lowest BCUT2D eigenvalue weighted by Gasteiger charge is -2.31. The molecule has 43 heavy (non-hydrogen) atoms. The van der Waals surface area contributed by atoms with Gasteiger partial charge >= 0.3 is 6.09 Å². The van der Waals surface area contributed by atoms with Gasteiger partial charge < -0.3 is 24.6 Å². The highest BCUT2D eigenvalue weighted by Crippen LogP contribution is 2.22. The third kappa shape index (κ3) is 10.9. The molecular weight excluding hydrogens is 568 g/mol. The molecule has 0 aromatic heterocycles. The fourth-order valence-electron chi connectivity index (χ4n) is 4.37. The molecule has 3 aromatic rings. The Bertz CT molecular complexity index is 1390. The van der Waals surface area contributed by atoms with Crippen molar-refractivity contribution in [3.05, 3.63) is 90.0 Å². The number of amides is 1. The number of nitrogens with zero attached hydrogens (tertiary/aromatic N) is 1. The summed E-state index contributed by atoms with van der Waals surface area (Å²) >= 11 is 0. The van der Waals surface area contributed by atoms with Gasteiger partial charge in [-0.2, -0.15) is 4.31 Å². The molecule has 0 saturated carbocycles. The maximum absolute atomic E-state index is 13.6. The van der Waals surface area contributed by atoms with Gasteiger partial charge in [0.1, 0.15) is 23.7 Å². The van der Waals surface area contributed by atoms with Crippen LogP contribution in [0.4, 0.5) is 4.79 Å². The van der Waals surface area contributed by atoms with Gasteiger partial charge in [0.25, 0.3) is 0 Å². The number of sulfonamides is 1. The Hall–Kier alpha value is -3.60. The SMILES string of the molecule is COc1ccc(S(=O)(=O)N(CC(C)C)C[C@H](O)[C@H](Cc2ccc(OCc3ccccc3)cc2)NC(=O)OC(C)(C)C)cc1. The van der Waals surface area contributed by atoms with E-state index in [0.29, 0.717) is 18.1 Å². The molecule has 0 heterocycles. The van der Waals surface area contributed by atoms with Crippen molar-refractivity contribution in [2.75, 3.05) is 20.2 Å². The lowest BCUT2D eigenvalue weighted by molar-refractivity contribution is 0.0400. The number of carbonyl (C=O) groups is 1.